The van der Waals surface area contributed by atoms with Crippen molar-refractivity contribution in [2.45, 2.75) is 24.0 Å². The van der Waals surface area contributed by atoms with E-state index in [1.807, 2.05) is 0 Å². The average Bonchev–Trinajstić information content (AvgIpc) is 2.90. The van der Waals surface area contributed by atoms with Gasteiger partial charge in [-0.05, 0) is 24.8 Å². The molecule has 1 heterocycles. The topological polar surface area (TPSA) is 75.7 Å². The third kappa shape index (κ3) is 4.90. The quantitative estimate of drug-likeness (QED) is 0.733. The van der Waals surface area contributed by atoms with Crippen molar-refractivity contribution in [3.63, 3.8) is 0 Å². The number of nitrogens with zero attached hydrogens (tertiary/aromatic N) is 1. The van der Waals surface area contributed by atoms with Crippen molar-refractivity contribution in [2.75, 3.05) is 20.2 Å². The summed E-state index contributed by atoms with van der Waals surface area (Å²) in [6, 6.07) is 3.26. The van der Waals surface area contributed by atoms with Crippen molar-refractivity contribution in [3.8, 4) is 0 Å². The molecule has 0 bridgehead atoms. The first-order valence-electron chi connectivity index (χ1n) is 5.89. The Morgan fingerprint density at radius 2 is 2.26 bits per heavy atom. The van der Waals surface area contributed by atoms with Crippen molar-refractivity contribution in [3.05, 3.63) is 17.5 Å². The van der Waals surface area contributed by atoms with Crippen LogP contribution in [0, 0.1) is 0 Å². The van der Waals surface area contributed by atoms with Gasteiger partial charge in [0, 0.05) is 20.0 Å². The van der Waals surface area contributed by atoms with Crippen LogP contribution in [-0.4, -0.2) is 38.8 Å². The highest BCUT2D eigenvalue weighted by molar-refractivity contribution is 7.91. The van der Waals surface area contributed by atoms with Crippen molar-refractivity contribution in [1.82, 2.24) is 9.79 Å². The molecular weight excluding hydrogens is 288 g/mol. The Morgan fingerprint density at radius 3 is 2.84 bits per heavy atom. The highest BCUT2D eigenvalue weighted by Crippen LogP contribution is 2.19. The number of hydrogen-bond acceptors (Lipinski definition) is 5. The summed E-state index contributed by atoms with van der Waals surface area (Å²) in [5.41, 5.74) is 2.27. The first kappa shape index (κ1) is 16.1. The predicted molar refractivity (Wildman–Crippen MR) is 73.1 cm³/mol. The van der Waals surface area contributed by atoms with Gasteiger partial charge >= 0.3 is 0 Å². The fourth-order valence-corrected chi connectivity index (χ4v) is 3.76. The Labute approximate surface area is 117 Å². The molecule has 1 aromatic rings. The molecule has 0 aromatic carbocycles. The Hall–Kier alpha value is -0.960. The minimum atomic E-state index is -3.42. The van der Waals surface area contributed by atoms with Gasteiger partial charge in [0.2, 0.25) is 5.91 Å². The van der Waals surface area contributed by atoms with E-state index in [9.17, 15) is 13.2 Å². The third-order valence-electron chi connectivity index (χ3n) is 2.37. The van der Waals surface area contributed by atoms with Crippen molar-refractivity contribution < 1.29 is 18.0 Å². The molecule has 108 valence electrons. The second-order valence-electron chi connectivity index (χ2n) is 3.82. The zero-order chi connectivity index (χ0) is 14.3. The van der Waals surface area contributed by atoms with E-state index >= 15 is 0 Å². The lowest BCUT2D eigenvalue weighted by Gasteiger charge is -2.15. The summed E-state index contributed by atoms with van der Waals surface area (Å²) in [6.07, 6.45) is 0.671. The average molecular weight is 306 g/mol. The summed E-state index contributed by atoms with van der Waals surface area (Å²) in [7, 11) is -1.91. The minimum Gasteiger partial charge on any atom is -0.274 e. The highest BCUT2D eigenvalue weighted by atomic mass is 32.2. The number of nitrogens with one attached hydrogen (secondary N) is 1. The number of hydrogen-bond donors (Lipinski definition) is 1. The zero-order valence-corrected chi connectivity index (χ0v) is 12.6. The number of rotatable bonds is 8. The van der Waals surface area contributed by atoms with Gasteiger partial charge in [-0.3, -0.25) is 9.63 Å². The van der Waals surface area contributed by atoms with Crippen LogP contribution in [0.3, 0.4) is 0 Å². The van der Waals surface area contributed by atoms with Crippen LogP contribution in [-0.2, 0) is 19.7 Å². The summed E-state index contributed by atoms with van der Waals surface area (Å²) in [6.45, 7) is 2.46. The van der Waals surface area contributed by atoms with E-state index in [4.69, 9.17) is 4.84 Å². The van der Waals surface area contributed by atoms with Gasteiger partial charge in [0.05, 0.1) is 6.61 Å². The van der Waals surface area contributed by atoms with Crippen LogP contribution < -0.4 is 5.48 Å². The Bertz CT molecular complexity index is 485. The molecule has 0 atom stereocenters. The molecule has 0 saturated heterocycles. The monoisotopic (exact) mass is 306 g/mol. The molecule has 0 aliphatic rings. The van der Waals surface area contributed by atoms with Gasteiger partial charge in [0.1, 0.15) is 4.21 Å². The second-order valence-corrected chi connectivity index (χ2v) is 7.04. The molecule has 1 aromatic heterocycles. The molecular formula is C11H18N2O4S2. The van der Waals surface area contributed by atoms with Gasteiger partial charge in [-0.1, -0.05) is 6.07 Å². The van der Waals surface area contributed by atoms with Crippen LogP contribution in [0.5, 0.6) is 0 Å². The van der Waals surface area contributed by atoms with E-state index in [0.717, 1.165) is 0 Å². The first-order chi connectivity index (χ1) is 8.98. The van der Waals surface area contributed by atoms with E-state index < -0.39 is 10.0 Å². The fourth-order valence-electron chi connectivity index (χ4n) is 1.35. The molecule has 0 fully saturated rings. The SMILES string of the molecule is CCONC(=O)CCCN(C)S(=O)(=O)c1cccs1. The van der Waals surface area contributed by atoms with E-state index in [1.54, 1.807) is 24.4 Å². The van der Waals surface area contributed by atoms with Gasteiger partial charge in [-0.25, -0.2) is 18.2 Å². The van der Waals surface area contributed by atoms with E-state index in [0.29, 0.717) is 23.8 Å². The summed E-state index contributed by atoms with van der Waals surface area (Å²) < 4.78 is 25.7. The second kappa shape index (κ2) is 7.59. The molecule has 8 heteroatoms. The minimum absolute atomic E-state index is 0.226. The Morgan fingerprint density at radius 1 is 1.53 bits per heavy atom. The molecule has 0 aliphatic heterocycles. The molecule has 0 radical (unpaired) electrons. The molecule has 19 heavy (non-hydrogen) atoms. The van der Waals surface area contributed by atoms with Crippen molar-refractivity contribution in [2.24, 2.45) is 0 Å². The largest absolute Gasteiger partial charge is 0.274 e. The summed E-state index contributed by atoms with van der Waals surface area (Å²) in [5.74, 6) is -0.247. The number of carbonyl (C=O) groups is 1. The normalized spacial score (nSPS) is 11.7. The molecule has 1 N–H and O–H groups in total. The Balaban J connectivity index is 2.40. The maximum Gasteiger partial charge on any atom is 0.252 e. The maximum absolute atomic E-state index is 12.1. The highest BCUT2D eigenvalue weighted by Gasteiger charge is 2.21. The van der Waals surface area contributed by atoms with Crippen molar-refractivity contribution in [1.29, 1.82) is 0 Å². The standard InChI is InChI=1S/C11H18N2O4S2/c1-3-17-12-10(14)6-4-8-13(2)19(15,16)11-7-5-9-18-11/h5,7,9H,3-4,6,8H2,1-2H3,(H,12,14). The number of sulfonamides is 1. The van der Waals surface area contributed by atoms with E-state index in [-0.39, 0.29) is 12.3 Å². The predicted octanol–water partition coefficient (Wildman–Crippen LogP) is 1.22. The lowest BCUT2D eigenvalue weighted by Crippen LogP contribution is -2.29. The molecule has 6 nitrogen and oxygen atoms in total. The van der Waals surface area contributed by atoms with Crippen LogP contribution in [0.15, 0.2) is 21.7 Å². The van der Waals surface area contributed by atoms with Gasteiger partial charge in [-0.2, -0.15) is 0 Å². The molecule has 0 aliphatic carbocycles. The smallest absolute Gasteiger partial charge is 0.252 e. The van der Waals surface area contributed by atoms with Crippen LogP contribution in [0.1, 0.15) is 19.8 Å². The van der Waals surface area contributed by atoms with Crippen LogP contribution in [0.25, 0.3) is 0 Å². The van der Waals surface area contributed by atoms with Gasteiger partial charge < -0.3 is 0 Å². The van der Waals surface area contributed by atoms with Crippen molar-refractivity contribution >= 4 is 27.3 Å². The zero-order valence-electron chi connectivity index (χ0n) is 11.0. The maximum atomic E-state index is 12.1. The molecule has 0 unspecified atom stereocenters. The third-order valence-corrected chi connectivity index (χ3v) is 5.60. The summed E-state index contributed by atoms with van der Waals surface area (Å²) >= 11 is 1.18. The molecule has 1 amide bonds. The fraction of sp³-hybridized carbons (Fsp3) is 0.545. The summed E-state index contributed by atoms with van der Waals surface area (Å²) in [4.78, 5) is 16.0. The van der Waals surface area contributed by atoms with Gasteiger partial charge in [-0.15, -0.1) is 11.3 Å². The number of thiophene rings is 1. The lowest BCUT2D eigenvalue weighted by molar-refractivity contribution is -0.133. The van der Waals surface area contributed by atoms with E-state index in [1.165, 1.54) is 22.7 Å². The molecule has 0 spiro atoms. The van der Waals surface area contributed by atoms with Gasteiger partial charge in [0.25, 0.3) is 10.0 Å². The van der Waals surface area contributed by atoms with E-state index in [2.05, 4.69) is 5.48 Å². The summed E-state index contributed by atoms with van der Waals surface area (Å²) in [5, 5.41) is 1.72. The number of hydroxylamine groups is 1. The van der Waals surface area contributed by atoms with Crippen LogP contribution in [0.2, 0.25) is 0 Å². The van der Waals surface area contributed by atoms with Crippen LogP contribution in [0.4, 0.5) is 0 Å². The molecule has 1 rings (SSSR count). The first-order valence-corrected chi connectivity index (χ1v) is 8.21. The van der Waals surface area contributed by atoms with Crippen LogP contribution >= 0.6 is 11.3 Å². The number of amides is 1. The Kier molecular flexibility index (Phi) is 6.43. The lowest BCUT2D eigenvalue weighted by atomic mass is 10.3. The number of carbonyl (C=O) groups excluding carboxylic acids is 1. The van der Waals surface area contributed by atoms with Gasteiger partial charge in [0.15, 0.2) is 0 Å². The molecule has 0 saturated carbocycles.